The maximum atomic E-state index is 11.1. The fourth-order valence-electron chi connectivity index (χ4n) is 1.46. The second kappa shape index (κ2) is 4.56. The van der Waals surface area contributed by atoms with Gasteiger partial charge in [0.05, 0.1) is 17.8 Å². The fourth-order valence-corrected chi connectivity index (χ4v) is 1.46. The van der Waals surface area contributed by atoms with E-state index in [0.717, 1.165) is 19.1 Å². The zero-order valence-electron chi connectivity index (χ0n) is 9.60. The summed E-state index contributed by atoms with van der Waals surface area (Å²) >= 11 is 0. The molecule has 1 fully saturated rings. The normalized spacial score (nSPS) is 14.9. The van der Waals surface area contributed by atoms with Gasteiger partial charge in [-0.25, -0.2) is 0 Å². The van der Waals surface area contributed by atoms with Crippen LogP contribution in [0.25, 0.3) is 0 Å². The fraction of sp³-hybridized carbons (Fsp3) is 0.462. The molecule has 1 aliphatic carbocycles. The summed E-state index contributed by atoms with van der Waals surface area (Å²) in [4.78, 5) is 11.1. The van der Waals surface area contributed by atoms with Gasteiger partial charge in [-0.1, -0.05) is 6.07 Å². The van der Waals surface area contributed by atoms with Crippen molar-refractivity contribution in [3.63, 3.8) is 0 Å². The Bertz CT molecular complexity index is 359. The van der Waals surface area contributed by atoms with Crippen LogP contribution >= 0.6 is 0 Å². The zero-order valence-corrected chi connectivity index (χ0v) is 9.60. The van der Waals surface area contributed by atoms with Gasteiger partial charge in [0.1, 0.15) is 11.5 Å². The number of benzene rings is 1. The molecule has 0 N–H and O–H groups in total. The molecule has 1 aromatic carbocycles. The van der Waals surface area contributed by atoms with Gasteiger partial charge < -0.3 is 9.47 Å². The molecule has 0 aromatic heterocycles. The second-order valence-corrected chi connectivity index (χ2v) is 4.27. The van der Waals surface area contributed by atoms with Gasteiger partial charge in [0, 0.05) is 0 Å². The SMILES string of the molecule is CC(C)Oc1cccc(OC2CC2)c1C=O. The Balaban J connectivity index is 2.25. The first-order valence-corrected chi connectivity index (χ1v) is 5.62. The third-order valence-electron chi connectivity index (χ3n) is 2.32. The zero-order chi connectivity index (χ0) is 11.5. The molecule has 86 valence electrons. The minimum Gasteiger partial charge on any atom is -0.490 e. The molecule has 0 aliphatic heterocycles. The molecule has 0 radical (unpaired) electrons. The summed E-state index contributed by atoms with van der Waals surface area (Å²) in [7, 11) is 0. The van der Waals surface area contributed by atoms with Crippen molar-refractivity contribution in [2.75, 3.05) is 0 Å². The van der Waals surface area contributed by atoms with Crippen LogP contribution in [0.1, 0.15) is 37.0 Å². The molecule has 1 aromatic rings. The molecular weight excluding hydrogens is 204 g/mol. The number of aldehydes is 1. The lowest BCUT2D eigenvalue weighted by Gasteiger charge is -2.14. The van der Waals surface area contributed by atoms with Crippen molar-refractivity contribution < 1.29 is 14.3 Å². The van der Waals surface area contributed by atoms with E-state index in [1.165, 1.54) is 0 Å². The lowest BCUT2D eigenvalue weighted by Crippen LogP contribution is -2.08. The minimum absolute atomic E-state index is 0.0508. The van der Waals surface area contributed by atoms with Crippen LogP contribution in [0.15, 0.2) is 18.2 Å². The highest BCUT2D eigenvalue weighted by atomic mass is 16.5. The smallest absolute Gasteiger partial charge is 0.157 e. The van der Waals surface area contributed by atoms with Gasteiger partial charge in [-0.05, 0) is 38.8 Å². The predicted molar refractivity (Wildman–Crippen MR) is 61.2 cm³/mol. The summed E-state index contributed by atoms with van der Waals surface area (Å²) < 4.78 is 11.2. The molecule has 1 aliphatic rings. The quantitative estimate of drug-likeness (QED) is 0.716. The van der Waals surface area contributed by atoms with Crippen LogP contribution in [0.4, 0.5) is 0 Å². The Kier molecular flexibility index (Phi) is 3.13. The summed E-state index contributed by atoms with van der Waals surface area (Å²) in [5, 5.41) is 0. The van der Waals surface area contributed by atoms with Crippen LogP contribution < -0.4 is 9.47 Å². The van der Waals surface area contributed by atoms with Gasteiger partial charge in [0.15, 0.2) is 6.29 Å². The van der Waals surface area contributed by atoms with Crippen molar-refractivity contribution >= 4 is 6.29 Å². The second-order valence-electron chi connectivity index (χ2n) is 4.27. The molecule has 0 spiro atoms. The molecule has 0 amide bonds. The highest BCUT2D eigenvalue weighted by molar-refractivity contribution is 5.83. The molecule has 0 bridgehead atoms. The van der Waals surface area contributed by atoms with Crippen molar-refractivity contribution in [1.82, 2.24) is 0 Å². The Morgan fingerprint density at radius 1 is 1.31 bits per heavy atom. The molecule has 0 unspecified atom stereocenters. The third-order valence-corrected chi connectivity index (χ3v) is 2.32. The number of rotatable bonds is 5. The number of hydrogen-bond donors (Lipinski definition) is 0. The first kappa shape index (κ1) is 11.0. The van der Waals surface area contributed by atoms with Crippen molar-refractivity contribution in [2.45, 2.75) is 38.9 Å². The van der Waals surface area contributed by atoms with Crippen molar-refractivity contribution in [3.05, 3.63) is 23.8 Å². The van der Waals surface area contributed by atoms with Crippen LogP contribution in [0.2, 0.25) is 0 Å². The molecule has 16 heavy (non-hydrogen) atoms. The standard InChI is InChI=1S/C13H16O3/c1-9(2)15-12-4-3-5-13(11(12)8-14)16-10-6-7-10/h3-5,8-10H,6-7H2,1-2H3. The Morgan fingerprint density at radius 3 is 2.56 bits per heavy atom. The van der Waals surface area contributed by atoms with E-state index in [2.05, 4.69) is 0 Å². The number of hydrogen-bond acceptors (Lipinski definition) is 3. The van der Waals surface area contributed by atoms with Gasteiger partial charge in [-0.3, -0.25) is 4.79 Å². The summed E-state index contributed by atoms with van der Waals surface area (Å²) in [5.74, 6) is 1.24. The highest BCUT2D eigenvalue weighted by Gasteiger charge is 2.25. The molecule has 0 heterocycles. The van der Waals surface area contributed by atoms with Gasteiger partial charge in [-0.15, -0.1) is 0 Å². The Hall–Kier alpha value is -1.51. The molecule has 2 rings (SSSR count). The van der Waals surface area contributed by atoms with E-state index in [1.807, 2.05) is 26.0 Å². The summed E-state index contributed by atoms with van der Waals surface area (Å²) in [6, 6.07) is 5.46. The Morgan fingerprint density at radius 2 is 2.00 bits per heavy atom. The maximum absolute atomic E-state index is 11.1. The molecule has 3 heteroatoms. The van der Waals surface area contributed by atoms with Crippen LogP contribution in [0, 0.1) is 0 Å². The molecule has 1 saturated carbocycles. The average molecular weight is 220 g/mol. The molecule has 3 nitrogen and oxygen atoms in total. The van der Waals surface area contributed by atoms with E-state index in [9.17, 15) is 4.79 Å². The van der Waals surface area contributed by atoms with E-state index in [1.54, 1.807) is 6.07 Å². The van der Waals surface area contributed by atoms with Gasteiger partial charge in [0.25, 0.3) is 0 Å². The van der Waals surface area contributed by atoms with Gasteiger partial charge in [-0.2, -0.15) is 0 Å². The van der Waals surface area contributed by atoms with Crippen molar-refractivity contribution in [1.29, 1.82) is 0 Å². The van der Waals surface area contributed by atoms with Crippen molar-refractivity contribution in [3.8, 4) is 11.5 Å². The van der Waals surface area contributed by atoms with Crippen LogP contribution in [0.3, 0.4) is 0 Å². The van der Waals surface area contributed by atoms with E-state index in [4.69, 9.17) is 9.47 Å². The van der Waals surface area contributed by atoms with Crippen LogP contribution in [-0.2, 0) is 0 Å². The summed E-state index contributed by atoms with van der Waals surface area (Å²) in [5.41, 5.74) is 0.517. The Labute approximate surface area is 95.4 Å². The summed E-state index contributed by atoms with van der Waals surface area (Å²) in [6.45, 7) is 3.87. The van der Waals surface area contributed by atoms with E-state index in [0.29, 0.717) is 17.1 Å². The third kappa shape index (κ3) is 2.54. The largest absolute Gasteiger partial charge is 0.490 e. The monoisotopic (exact) mass is 220 g/mol. The highest BCUT2D eigenvalue weighted by Crippen LogP contribution is 2.32. The first-order chi connectivity index (χ1) is 7.70. The summed E-state index contributed by atoms with van der Waals surface area (Å²) in [6.07, 6.45) is 3.29. The number of carbonyl (C=O) groups is 1. The van der Waals surface area contributed by atoms with Crippen LogP contribution in [0.5, 0.6) is 11.5 Å². The van der Waals surface area contributed by atoms with Gasteiger partial charge in [0.2, 0.25) is 0 Å². The molecule has 0 saturated heterocycles. The van der Waals surface area contributed by atoms with Gasteiger partial charge >= 0.3 is 0 Å². The molecular formula is C13H16O3. The first-order valence-electron chi connectivity index (χ1n) is 5.62. The van der Waals surface area contributed by atoms with Crippen LogP contribution in [-0.4, -0.2) is 18.5 Å². The van der Waals surface area contributed by atoms with E-state index < -0.39 is 0 Å². The molecule has 0 atom stereocenters. The topological polar surface area (TPSA) is 35.5 Å². The lowest BCUT2D eigenvalue weighted by molar-refractivity contribution is 0.111. The minimum atomic E-state index is 0.0508. The number of ether oxygens (including phenoxy) is 2. The maximum Gasteiger partial charge on any atom is 0.157 e. The number of carbonyl (C=O) groups excluding carboxylic acids is 1. The van der Waals surface area contributed by atoms with E-state index >= 15 is 0 Å². The average Bonchev–Trinajstić information content (AvgIpc) is 3.01. The van der Waals surface area contributed by atoms with E-state index in [-0.39, 0.29) is 12.2 Å². The lowest BCUT2D eigenvalue weighted by atomic mass is 10.2. The van der Waals surface area contributed by atoms with Crippen molar-refractivity contribution in [2.24, 2.45) is 0 Å². The predicted octanol–water partition coefficient (Wildman–Crippen LogP) is 2.83.